The van der Waals surface area contributed by atoms with Crippen molar-refractivity contribution in [2.75, 3.05) is 5.32 Å². The molecule has 106 valence electrons. The summed E-state index contributed by atoms with van der Waals surface area (Å²) in [5.74, 6) is 0. The van der Waals surface area contributed by atoms with Crippen molar-refractivity contribution in [3.8, 4) is 0 Å². The molecule has 7 heteroatoms. The Kier molecular flexibility index (Phi) is 4.20. The number of hydrogen-bond donors (Lipinski definition) is 1. The van der Waals surface area contributed by atoms with Crippen LogP contribution in [0, 0.1) is 0 Å². The Morgan fingerprint density at radius 1 is 1.15 bits per heavy atom. The predicted molar refractivity (Wildman–Crippen MR) is 80.7 cm³/mol. The molecule has 1 aromatic carbocycles. The van der Waals surface area contributed by atoms with Gasteiger partial charge in [-0.05, 0) is 18.2 Å². The van der Waals surface area contributed by atoms with Crippen molar-refractivity contribution in [3.63, 3.8) is 0 Å². The highest BCUT2D eigenvalue weighted by Crippen LogP contribution is 2.25. The van der Waals surface area contributed by atoms with E-state index in [1.807, 2.05) is 0 Å². The lowest BCUT2D eigenvalue weighted by Gasteiger charge is -2.09. The maximum Gasteiger partial charge on any atom is 0.330 e. The second-order valence-corrected chi connectivity index (χ2v) is 5.21. The maximum absolute atomic E-state index is 11.9. The van der Waals surface area contributed by atoms with E-state index in [0.29, 0.717) is 22.2 Å². The number of halogens is 2. The van der Waals surface area contributed by atoms with Gasteiger partial charge in [0.15, 0.2) is 0 Å². The zero-order valence-corrected chi connectivity index (χ0v) is 12.5. The van der Waals surface area contributed by atoms with Gasteiger partial charge in [0, 0.05) is 32.5 Å². The molecule has 0 atom stereocenters. The molecule has 0 aliphatic heterocycles. The van der Waals surface area contributed by atoms with Crippen molar-refractivity contribution in [2.24, 2.45) is 14.1 Å². The van der Waals surface area contributed by atoms with Crippen LogP contribution in [0.5, 0.6) is 0 Å². The summed E-state index contributed by atoms with van der Waals surface area (Å²) in [6, 6.07) is 5.11. The van der Waals surface area contributed by atoms with Gasteiger partial charge in [0.1, 0.15) is 0 Å². The van der Waals surface area contributed by atoms with Crippen molar-refractivity contribution in [1.29, 1.82) is 0 Å². The first-order chi connectivity index (χ1) is 9.40. The van der Waals surface area contributed by atoms with Crippen LogP contribution in [0.3, 0.4) is 0 Å². The number of anilines is 1. The Labute approximate surface area is 125 Å². The molecule has 0 fully saturated rings. The molecule has 0 aliphatic rings. The summed E-state index contributed by atoms with van der Waals surface area (Å²) in [5.41, 5.74) is 0.560. The van der Waals surface area contributed by atoms with E-state index in [1.165, 1.54) is 17.8 Å². The number of benzene rings is 1. The first-order valence-corrected chi connectivity index (χ1v) is 6.60. The number of nitrogens with one attached hydrogen (secondary N) is 1. The largest absolute Gasteiger partial charge is 0.381 e. The maximum atomic E-state index is 11.9. The molecule has 5 nitrogen and oxygen atoms in total. The first kappa shape index (κ1) is 14.7. The molecule has 2 aromatic rings. The van der Waals surface area contributed by atoms with Crippen molar-refractivity contribution in [2.45, 2.75) is 6.54 Å². The Morgan fingerprint density at radius 2 is 1.85 bits per heavy atom. The van der Waals surface area contributed by atoms with E-state index < -0.39 is 0 Å². The van der Waals surface area contributed by atoms with Crippen LogP contribution in [-0.2, 0) is 20.6 Å². The minimum absolute atomic E-state index is 0.290. The molecule has 0 radical (unpaired) electrons. The van der Waals surface area contributed by atoms with Crippen molar-refractivity contribution >= 4 is 28.9 Å². The van der Waals surface area contributed by atoms with Gasteiger partial charge >= 0.3 is 5.69 Å². The van der Waals surface area contributed by atoms with Gasteiger partial charge in [-0.2, -0.15) is 0 Å². The van der Waals surface area contributed by atoms with E-state index in [1.54, 1.807) is 25.2 Å². The molecule has 0 saturated heterocycles. The smallest absolute Gasteiger partial charge is 0.330 e. The summed E-state index contributed by atoms with van der Waals surface area (Å²) in [7, 11) is 3.05. The summed E-state index contributed by atoms with van der Waals surface area (Å²) in [5, 5.41) is 3.97. The van der Waals surface area contributed by atoms with Crippen LogP contribution in [0.4, 0.5) is 5.69 Å². The lowest BCUT2D eigenvalue weighted by Crippen LogP contribution is -2.38. The van der Waals surface area contributed by atoms with Crippen LogP contribution in [0.2, 0.25) is 10.0 Å². The van der Waals surface area contributed by atoms with E-state index in [4.69, 9.17) is 23.2 Å². The average molecular weight is 314 g/mol. The van der Waals surface area contributed by atoms with Gasteiger partial charge in [-0.15, -0.1) is 0 Å². The van der Waals surface area contributed by atoms with Gasteiger partial charge in [0.25, 0.3) is 5.56 Å². The van der Waals surface area contributed by atoms with Crippen molar-refractivity contribution < 1.29 is 0 Å². The fourth-order valence-electron chi connectivity index (χ4n) is 1.81. The summed E-state index contributed by atoms with van der Waals surface area (Å²) in [6.45, 7) is 0.290. The highest BCUT2D eigenvalue weighted by Gasteiger charge is 2.07. The third-order valence-electron chi connectivity index (χ3n) is 2.92. The molecule has 1 heterocycles. The average Bonchev–Trinajstić information content (AvgIpc) is 2.42. The summed E-state index contributed by atoms with van der Waals surface area (Å²) in [4.78, 5) is 23.5. The molecule has 0 aliphatic carbocycles. The third-order valence-corrected chi connectivity index (χ3v) is 3.66. The molecule has 0 saturated carbocycles. The van der Waals surface area contributed by atoms with E-state index in [0.717, 1.165) is 10.3 Å². The Hall–Kier alpha value is -1.72. The van der Waals surface area contributed by atoms with Gasteiger partial charge in [0.2, 0.25) is 0 Å². The quantitative estimate of drug-likeness (QED) is 0.943. The molecular formula is C13H13Cl2N3O2. The van der Waals surface area contributed by atoms with Crippen molar-refractivity contribution in [1.82, 2.24) is 9.13 Å². The topological polar surface area (TPSA) is 56.0 Å². The van der Waals surface area contributed by atoms with Crippen LogP contribution in [0.15, 0.2) is 34.0 Å². The van der Waals surface area contributed by atoms with Crippen LogP contribution in [-0.4, -0.2) is 9.13 Å². The molecule has 0 unspecified atom stereocenters. The van der Waals surface area contributed by atoms with Crippen LogP contribution in [0.25, 0.3) is 0 Å². The monoisotopic (exact) mass is 313 g/mol. The van der Waals surface area contributed by atoms with E-state index in [-0.39, 0.29) is 11.2 Å². The van der Waals surface area contributed by atoms with Gasteiger partial charge in [-0.25, -0.2) is 4.79 Å². The Bertz CT molecular complexity index is 765. The number of nitrogens with zero attached hydrogens (tertiary/aromatic N) is 2. The van der Waals surface area contributed by atoms with Gasteiger partial charge in [-0.3, -0.25) is 9.36 Å². The highest BCUT2D eigenvalue weighted by molar-refractivity contribution is 6.42. The molecule has 0 amide bonds. The van der Waals surface area contributed by atoms with Crippen LogP contribution < -0.4 is 16.6 Å². The second kappa shape index (κ2) is 5.73. The predicted octanol–water partition coefficient (Wildman–Crippen LogP) is 2.00. The third kappa shape index (κ3) is 2.89. The minimum Gasteiger partial charge on any atom is -0.381 e. The highest BCUT2D eigenvalue weighted by atomic mass is 35.5. The summed E-state index contributed by atoms with van der Waals surface area (Å²) >= 11 is 11.7. The van der Waals surface area contributed by atoms with Crippen molar-refractivity contribution in [3.05, 3.63) is 60.8 Å². The summed E-state index contributed by atoms with van der Waals surface area (Å²) in [6.07, 6.45) is 1.52. The molecule has 20 heavy (non-hydrogen) atoms. The normalized spacial score (nSPS) is 10.6. The number of hydrogen-bond acceptors (Lipinski definition) is 3. The molecule has 2 rings (SSSR count). The fraction of sp³-hybridized carbons (Fsp3) is 0.231. The Morgan fingerprint density at radius 3 is 2.50 bits per heavy atom. The van der Waals surface area contributed by atoms with E-state index in [2.05, 4.69) is 5.32 Å². The van der Waals surface area contributed by atoms with Crippen LogP contribution in [0.1, 0.15) is 5.56 Å². The first-order valence-electron chi connectivity index (χ1n) is 5.84. The lowest BCUT2D eigenvalue weighted by molar-refractivity contribution is 0.671. The molecule has 0 bridgehead atoms. The number of aromatic nitrogens is 2. The van der Waals surface area contributed by atoms with Gasteiger partial charge < -0.3 is 9.88 Å². The molecule has 1 aromatic heterocycles. The number of rotatable bonds is 3. The zero-order valence-electron chi connectivity index (χ0n) is 11.0. The SMILES string of the molecule is Cn1cc(CNc2ccc(Cl)c(Cl)c2)c(=O)n(C)c1=O. The standard InChI is InChI=1S/C13H13Cl2N3O2/c1-17-7-8(12(19)18(2)13(17)20)6-16-9-3-4-10(14)11(15)5-9/h3-5,7,16H,6H2,1-2H3. The second-order valence-electron chi connectivity index (χ2n) is 4.39. The van der Waals surface area contributed by atoms with Gasteiger partial charge in [-0.1, -0.05) is 23.2 Å². The lowest BCUT2D eigenvalue weighted by atomic mass is 10.3. The molecule has 0 spiro atoms. The van der Waals surface area contributed by atoms with Crippen LogP contribution >= 0.6 is 23.2 Å². The van der Waals surface area contributed by atoms with Gasteiger partial charge in [0.05, 0.1) is 15.6 Å². The Balaban J connectivity index is 2.25. The minimum atomic E-state index is -0.353. The molecule has 1 N–H and O–H groups in total. The summed E-state index contributed by atoms with van der Waals surface area (Å²) < 4.78 is 2.44. The van der Waals surface area contributed by atoms with E-state index in [9.17, 15) is 9.59 Å². The fourth-order valence-corrected chi connectivity index (χ4v) is 2.11. The number of aryl methyl sites for hydroxylation is 1. The molecular weight excluding hydrogens is 301 g/mol. The zero-order chi connectivity index (χ0) is 14.9. The van der Waals surface area contributed by atoms with E-state index >= 15 is 0 Å².